The molecule has 10 atom stereocenters. The molecule has 42 heteroatoms. The van der Waals surface area contributed by atoms with Gasteiger partial charge in [-0.2, -0.15) is 0 Å². The summed E-state index contributed by atoms with van der Waals surface area (Å²) in [5.74, 6) is -17.4. The van der Waals surface area contributed by atoms with Crippen LogP contribution in [0.2, 0.25) is 0 Å². The lowest BCUT2D eigenvalue weighted by Crippen LogP contribution is -2.67. The Hall–Kier alpha value is -10.7. The summed E-state index contributed by atoms with van der Waals surface area (Å²) < 4.78 is 0. The third kappa shape index (κ3) is 34.9. The zero-order valence-corrected chi connectivity index (χ0v) is 76.8. The van der Waals surface area contributed by atoms with Crippen LogP contribution in [0, 0.1) is 17.8 Å². The molecule has 698 valence electrons. The summed E-state index contributed by atoms with van der Waals surface area (Å²) in [6, 6.07) is -11.7. The summed E-state index contributed by atoms with van der Waals surface area (Å²) in [6.45, 7) is 37.4. The second-order valence-electron chi connectivity index (χ2n) is 37.4. The zero-order chi connectivity index (χ0) is 95.8. The van der Waals surface area contributed by atoms with E-state index in [1.807, 2.05) is 13.8 Å². The number of carbonyl (C=O) groups excluding carboxylic acids is 20. The number of hydrogen-bond donors (Lipinski definition) is 21. The molecular formula is C81H142N20O22. The molecule has 0 bridgehead atoms. The van der Waals surface area contributed by atoms with Gasteiger partial charge in [-0.1, -0.05) is 48.5 Å². The lowest BCUT2D eigenvalue weighted by molar-refractivity contribution is -0.146. The maximum absolute atomic E-state index is 14.6. The number of rotatable bonds is 49. The van der Waals surface area contributed by atoms with Crippen LogP contribution in [-0.2, 0) is 95.9 Å². The molecule has 0 aromatic heterocycles. The molecule has 20 amide bonds. The molecule has 0 radical (unpaired) electrons. The second kappa shape index (κ2) is 45.6. The van der Waals surface area contributed by atoms with Crippen molar-refractivity contribution in [1.29, 1.82) is 0 Å². The predicted octanol–water partition coefficient (Wildman–Crippen LogP) is -3.99. The fourth-order valence-corrected chi connectivity index (χ4v) is 12.3. The van der Waals surface area contributed by atoms with Crippen molar-refractivity contribution in [3.8, 4) is 0 Å². The van der Waals surface area contributed by atoms with Crippen molar-refractivity contribution in [2.75, 3.05) is 19.8 Å². The van der Waals surface area contributed by atoms with Gasteiger partial charge in [0.1, 0.15) is 98.2 Å². The monoisotopic (exact) mass is 1750 g/mol. The van der Waals surface area contributed by atoms with E-state index in [-0.39, 0.29) is 62.8 Å². The number of aliphatic hydroxyl groups excluding tert-OH is 2. The first kappa shape index (κ1) is 110. The number of amides is 20. The molecule has 1 aliphatic rings. The van der Waals surface area contributed by atoms with Crippen LogP contribution < -0.4 is 102 Å². The summed E-state index contributed by atoms with van der Waals surface area (Å²) in [5, 5.41) is 63.0. The standard InChI is InChI=1S/C81H142N20O22/c1-28-81(27,71(122)100-80(25,26)72(123)101-35-29-30-53(101)63(114)87-50(37-42(4)5)61(112)96-79(23,24)70(121)99-76(17,18)67(118)88-48(31-33-54(82)105)58(109)86-47(39-102)36-41(2)3)97-57(108)45(9)85-64(115)74(13,14)95-62(113)51(38-43(6)7)90-66(117)75(15,16)94-60(111)49(32-34-55(83)106)89-68(119)77(19,20)98-69(120)78(21,22)93-56(107)44(8)84-59(110)52(40-103)91-65(116)73(11,12)92-46(10)104/h41-45,47-53,102-103H,28-40H2,1-27H3,(H2,82,105)(H2,83,106)(H,84,110)(H,85,115)(H,86,109)(H,87,114)(H,88,118)(H,89,119)(H,90,117)(H,91,116)(H,92,104)(H,93,107)(H,94,111)(H,95,113)(H,96,112)(H,97,108)(H,98,120)(H,99,121)(H,100,122). The molecule has 1 fully saturated rings. The van der Waals surface area contributed by atoms with E-state index < -0.39 is 248 Å². The Bertz CT molecular complexity index is 3890. The number of hydrogen-bond acceptors (Lipinski definition) is 22. The molecule has 42 nitrogen and oxygen atoms in total. The van der Waals surface area contributed by atoms with Gasteiger partial charge in [0.25, 0.3) is 0 Å². The van der Waals surface area contributed by atoms with Crippen molar-refractivity contribution >= 4 is 118 Å². The number of primary amides is 2. The van der Waals surface area contributed by atoms with Crippen molar-refractivity contribution in [2.45, 2.75) is 355 Å². The molecule has 1 rings (SSSR count). The number of likely N-dealkylation sites (tertiary alicyclic amines) is 1. The third-order valence-electron chi connectivity index (χ3n) is 20.3. The predicted molar refractivity (Wildman–Crippen MR) is 451 cm³/mol. The SMILES string of the molecule is CCC(C)(NC(=O)C(C)NC(=O)C(C)(C)NC(=O)C(CC(C)C)NC(=O)C(C)(C)NC(=O)C(CCC(N)=O)NC(=O)C(C)(C)NC(=O)C(C)(C)NC(=O)C(C)NC(=O)C(CO)NC(=O)C(C)(C)NC(C)=O)C(=O)NC(C)(C)C(=O)N1CCCC1C(=O)NC(CC(C)C)C(=O)NC(C)(C)C(=O)NC(C)(C)C(=O)NC(CCC(N)=O)C(=O)NC(CO)CC(C)C. The van der Waals surface area contributed by atoms with Gasteiger partial charge in [-0.05, 0) is 201 Å². The second-order valence-corrected chi connectivity index (χ2v) is 37.4. The molecule has 23 N–H and O–H groups in total. The van der Waals surface area contributed by atoms with Crippen LogP contribution in [0.1, 0.15) is 251 Å². The third-order valence-corrected chi connectivity index (χ3v) is 20.3. The van der Waals surface area contributed by atoms with Crippen LogP contribution >= 0.6 is 0 Å². The van der Waals surface area contributed by atoms with Crippen LogP contribution in [0.3, 0.4) is 0 Å². The minimum Gasteiger partial charge on any atom is -0.394 e. The highest BCUT2D eigenvalue weighted by Crippen LogP contribution is 2.25. The molecule has 10 unspecified atom stereocenters. The largest absolute Gasteiger partial charge is 0.394 e. The molecule has 0 aliphatic carbocycles. The number of nitrogens with one attached hydrogen (secondary N) is 17. The molecule has 1 saturated heterocycles. The first-order valence-electron chi connectivity index (χ1n) is 41.3. The molecule has 0 saturated carbocycles. The smallest absolute Gasteiger partial charge is 0.248 e. The Kier molecular flexibility index (Phi) is 40.9. The van der Waals surface area contributed by atoms with Gasteiger partial charge in [0, 0.05) is 26.3 Å². The van der Waals surface area contributed by atoms with Crippen molar-refractivity contribution in [1.82, 2.24) is 95.3 Å². The van der Waals surface area contributed by atoms with Gasteiger partial charge in [0.2, 0.25) is 118 Å². The normalized spacial score (nSPS) is 15.9. The van der Waals surface area contributed by atoms with Crippen LogP contribution in [0.5, 0.6) is 0 Å². The maximum atomic E-state index is 14.6. The Morgan fingerprint density at radius 3 is 1.07 bits per heavy atom. The fourth-order valence-electron chi connectivity index (χ4n) is 12.3. The van der Waals surface area contributed by atoms with E-state index in [4.69, 9.17) is 11.5 Å². The average molecular weight is 1750 g/mol. The summed E-state index contributed by atoms with van der Waals surface area (Å²) in [6.07, 6.45) is -0.526. The van der Waals surface area contributed by atoms with Crippen molar-refractivity contribution in [3.63, 3.8) is 0 Å². The van der Waals surface area contributed by atoms with Crippen LogP contribution in [0.25, 0.3) is 0 Å². The molecule has 123 heavy (non-hydrogen) atoms. The van der Waals surface area contributed by atoms with Crippen molar-refractivity contribution < 1.29 is 106 Å². The Morgan fingerprint density at radius 2 is 0.675 bits per heavy atom. The minimum absolute atomic E-state index is 0.0333. The van der Waals surface area contributed by atoms with Crippen molar-refractivity contribution in [3.05, 3.63) is 0 Å². The number of aliphatic hydroxyl groups is 2. The minimum atomic E-state index is -1.91. The first-order valence-corrected chi connectivity index (χ1v) is 41.3. The average Bonchev–Trinajstić information content (AvgIpc) is 1.69. The van der Waals surface area contributed by atoms with E-state index >= 15 is 0 Å². The molecule has 0 spiro atoms. The van der Waals surface area contributed by atoms with Gasteiger partial charge < -0.3 is 117 Å². The van der Waals surface area contributed by atoms with Gasteiger partial charge in [0.15, 0.2) is 0 Å². The molecule has 1 heterocycles. The van der Waals surface area contributed by atoms with E-state index in [9.17, 15) is 106 Å². The Balaban J connectivity index is 3.25. The van der Waals surface area contributed by atoms with E-state index in [1.54, 1.807) is 34.6 Å². The van der Waals surface area contributed by atoms with E-state index in [1.165, 1.54) is 143 Å². The van der Waals surface area contributed by atoms with Gasteiger partial charge in [0.05, 0.1) is 19.3 Å². The zero-order valence-electron chi connectivity index (χ0n) is 76.8. The summed E-state index contributed by atoms with van der Waals surface area (Å²) >= 11 is 0. The number of nitrogens with zero attached hydrogens (tertiary/aromatic N) is 1. The highest BCUT2D eigenvalue weighted by molar-refractivity contribution is 6.04. The van der Waals surface area contributed by atoms with E-state index in [0.717, 1.165) is 0 Å². The quantitative estimate of drug-likeness (QED) is 0.0276. The van der Waals surface area contributed by atoms with Gasteiger partial charge >= 0.3 is 0 Å². The lowest BCUT2D eigenvalue weighted by Gasteiger charge is -2.37. The highest BCUT2D eigenvalue weighted by Gasteiger charge is 2.48. The summed E-state index contributed by atoms with van der Waals surface area (Å²) in [5.41, 5.74) is -5.15. The lowest BCUT2D eigenvalue weighted by atomic mass is 9.93. The molecule has 1 aliphatic heterocycles. The Labute approximate surface area is 721 Å². The van der Waals surface area contributed by atoms with Crippen LogP contribution in [0.15, 0.2) is 0 Å². The summed E-state index contributed by atoms with van der Waals surface area (Å²) in [4.78, 5) is 273. The van der Waals surface area contributed by atoms with Gasteiger partial charge in [-0.15, -0.1) is 0 Å². The maximum Gasteiger partial charge on any atom is 0.248 e. The van der Waals surface area contributed by atoms with Crippen molar-refractivity contribution in [2.24, 2.45) is 29.2 Å². The number of carbonyl (C=O) groups is 20. The fraction of sp³-hybridized carbons (Fsp3) is 0.753. The molecule has 0 aromatic carbocycles. The molecular weight excluding hydrogens is 1610 g/mol. The van der Waals surface area contributed by atoms with Gasteiger partial charge in [-0.3, -0.25) is 95.9 Å². The summed E-state index contributed by atoms with van der Waals surface area (Å²) in [7, 11) is 0. The molecule has 0 aromatic rings. The highest BCUT2D eigenvalue weighted by atomic mass is 16.3. The number of nitrogens with two attached hydrogens (primary N) is 2. The van der Waals surface area contributed by atoms with Gasteiger partial charge in [-0.25, -0.2) is 0 Å². The topological polar surface area (TPSA) is 642 Å². The van der Waals surface area contributed by atoms with Crippen LogP contribution in [0.4, 0.5) is 0 Å². The van der Waals surface area contributed by atoms with E-state index in [0.29, 0.717) is 12.8 Å². The Morgan fingerprint density at radius 1 is 0.350 bits per heavy atom. The van der Waals surface area contributed by atoms with Crippen LogP contribution in [-0.4, -0.2) is 257 Å². The first-order chi connectivity index (χ1) is 55.9. The van der Waals surface area contributed by atoms with E-state index in [2.05, 4.69) is 90.4 Å².